The highest BCUT2D eigenvalue weighted by atomic mass is 19.4. The Bertz CT molecular complexity index is 710. The number of alkyl halides is 3. The van der Waals surface area contributed by atoms with Gasteiger partial charge in [-0.1, -0.05) is 19.1 Å². The van der Waals surface area contributed by atoms with Crippen molar-refractivity contribution in [1.82, 2.24) is 5.43 Å². The third kappa shape index (κ3) is 4.35. The molecule has 2 aliphatic heterocycles. The molecule has 2 heterocycles. The number of halogens is 3. The van der Waals surface area contributed by atoms with Crippen molar-refractivity contribution in [2.45, 2.75) is 38.8 Å². The van der Waals surface area contributed by atoms with Gasteiger partial charge in [0.15, 0.2) is 0 Å². The average Bonchev–Trinajstić information content (AvgIpc) is 2.60. The predicted octanol–water partition coefficient (Wildman–Crippen LogP) is 3.90. The second kappa shape index (κ2) is 7.26. The number of cyclic esters (lactones) is 1. The molecule has 0 atom stereocenters. The van der Waals surface area contributed by atoms with Gasteiger partial charge in [-0.15, -0.1) is 0 Å². The second-order valence-corrected chi connectivity index (χ2v) is 7.04. The van der Waals surface area contributed by atoms with Crippen molar-refractivity contribution >= 4 is 11.8 Å². The summed E-state index contributed by atoms with van der Waals surface area (Å²) in [5, 5.41) is 3.77. The highest BCUT2D eigenvalue weighted by molar-refractivity contribution is 6.03. The molecule has 1 saturated heterocycles. The minimum atomic E-state index is -4.46. The number of rotatable bonds is 4. The van der Waals surface area contributed by atoms with Crippen LogP contribution in [0, 0.1) is 5.41 Å². The van der Waals surface area contributed by atoms with Crippen LogP contribution in [-0.2, 0) is 22.1 Å². The van der Waals surface area contributed by atoms with Gasteiger partial charge in [0.1, 0.15) is 12.3 Å². The molecule has 1 aromatic rings. The van der Waals surface area contributed by atoms with E-state index in [0.29, 0.717) is 31.6 Å². The fraction of sp³-hybridized carbons (Fsp3) is 0.556. The zero-order chi connectivity index (χ0) is 18.8. The van der Waals surface area contributed by atoms with Crippen LogP contribution in [0.15, 0.2) is 23.3 Å². The molecule has 0 aromatic heterocycles. The first kappa shape index (κ1) is 18.7. The van der Waals surface area contributed by atoms with Crippen molar-refractivity contribution in [2.75, 3.05) is 19.8 Å². The number of nitrogens with one attached hydrogen (secondary N) is 1. The lowest BCUT2D eigenvalue weighted by Crippen LogP contribution is -2.31. The number of hydrazone groups is 1. The maximum absolute atomic E-state index is 13.6. The van der Waals surface area contributed by atoms with Crippen molar-refractivity contribution in [2.24, 2.45) is 10.5 Å². The van der Waals surface area contributed by atoms with Crippen molar-refractivity contribution in [3.63, 3.8) is 0 Å². The number of hydrogen-bond donors (Lipinski definition) is 1. The Morgan fingerprint density at radius 2 is 2.00 bits per heavy atom. The Morgan fingerprint density at radius 3 is 2.62 bits per heavy atom. The van der Waals surface area contributed by atoms with E-state index in [2.05, 4.69) is 17.5 Å². The van der Waals surface area contributed by atoms with Gasteiger partial charge < -0.3 is 9.47 Å². The summed E-state index contributed by atoms with van der Waals surface area (Å²) in [6, 6.07) is 4.18. The quantitative estimate of drug-likeness (QED) is 0.875. The molecule has 0 spiro atoms. The van der Waals surface area contributed by atoms with Gasteiger partial charge in [-0.2, -0.15) is 18.3 Å². The minimum Gasteiger partial charge on any atom is -0.442 e. The van der Waals surface area contributed by atoms with Gasteiger partial charge in [-0.05, 0) is 42.7 Å². The number of nitrogens with zero attached hydrogens (tertiary/aromatic N) is 1. The molecule has 26 heavy (non-hydrogen) atoms. The molecule has 142 valence electrons. The number of carbonyl (C=O) groups excluding carboxylic acids is 1. The van der Waals surface area contributed by atoms with E-state index < -0.39 is 17.8 Å². The molecule has 0 radical (unpaired) electrons. The summed E-state index contributed by atoms with van der Waals surface area (Å²) in [5.41, 5.74) is 2.28. The number of hydrogen-bond acceptors (Lipinski definition) is 4. The van der Waals surface area contributed by atoms with Crippen LogP contribution in [0.25, 0.3) is 0 Å². The van der Waals surface area contributed by atoms with Gasteiger partial charge in [-0.3, -0.25) is 0 Å². The Labute approximate surface area is 149 Å². The molecule has 3 rings (SSSR count). The van der Waals surface area contributed by atoms with Crippen LogP contribution >= 0.6 is 0 Å². The fourth-order valence-corrected chi connectivity index (χ4v) is 3.25. The molecule has 8 heteroatoms. The molecule has 0 bridgehead atoms. The SMILES string of the molecule is CC1(CCc2ccc(C3=NNC(=O)OC3)cc2C(F)(F)F)CCOCC1. The van der Waals surface area contributed by atoms with Crippen LogP contribution in [0.1, 0.15) is 42.9 Å². The van der Waals surface area contributed by atoms with Gasteiger partial charge in [0, 0.05) is 18.8 Å². The van der Waals surface area contributed by atoms with E-state index in [4.69, 9.17) is 9.47 Å². The lowest BCUT2D eigenvalue weighted by molar-refractivity contribution is -0.138. The first-order valence-corrected chi connectivity index (χ1v) is 8.54. The smallest absolute Gasteiger partial charge is 0.428 e. The maximum atomic E-state index is 13.6. The molecule has 1 fully saturated rings. The first-order chi connectivity index (χ1) is 12.3. The maximum Gasteiger partial charge on any atom is 0.428 e. The molecule has 1 N–H and O–H groups in total. The first-order valence-electron chi connectivity index (χ1n) is 8.54. The highest BCUT2D eigenvalue weighted by Crippen LogP contribution is 2.38. The zero-order valence-electron chi connectivity index (χ0n) is 14.5. The van der Waals surface area contributed by atoms with E-state index in [1.807, 2.05) is 0 Å². The Hall–Kier alpha value is -2.09. The fourth-order valence-electron chi connectivity index (χ4n) is 3.25. The number of carbonyl (C=O) groups is 1. The predicted molar refractivity (Wildman–Crippen MR) is 88.9 cm³/mol. The third-order valence-electron chi connectivity index (χ3n) is 5.07. The van der Waals surface area contributed by atoms with Crippen molar-refractivity contribution in [3.8, 4) is 0 Å². The molecule has 0 aliphatic carbocycles. The molecule has 2 aliphatic rings. The summed E-state index contributed by atoms with van der Waals surface area (Å²) in [6.07, 6.45) is -2.42. The Balaban J connectivity index is 1.82. The number of benzene rings is 1. The molecular formula is C18H21F3N2O3. The summed E-state index contributed by atoms with van der Waals surface area (Å²) < 4.78 is 50.8. The van der Waals surface area contributed by atoms with Crippen molar-refractivity contribution in [3.05, 3.63) is 34.9 Å². The summed E-state index contributed by atoms with van der Waals surface area (Å²) in [7, 11) is 0. The van der Waals surface area contributed by atoms with Crippen LogP contribution in [0.4, 0.5) is 18.0 Å². The van der Waals surface area contributed by atoms with E-state index in [-0.39, 0.29) is 23.3 Å². The summed E-state index contributed by atoms with van der Waals surface area (Å²) in [4.78, 5) is 11.0. The van der Waals surface area contributed by atoms with E-state index in [0.717, 1.165) is 18.9 Å². The minimum absolute atomic E-state index is 0.00532. The van der Waals surface area contributed by atoms with Crippen LogP contribution in [0.2, 0.25) is 0 Å². The van der Waals surface area contributed by atoms with Gasteiger partial charge in [0.05, 0.1) is 5.56 Å². The molecule has 1 aromatic carbocycles. The Kier molecular flexibility index (Phi) is 5.22. The lowest BCUT2D eigenvalue weighted by Gasteiger charge is -2.33. The normalized spacial score (nSPS) is 20.2. The Morgan fingerprint density at radius 1 is 1.27 bits per heavy atom. The van der Waals surface area contributed by atoms with Crippen LogP contribution in [-0.4, -0.2) is 31.6 Å². The standard InChI is InChI=1S/C18H21F3N2O3/c1-17(6-8-25-9-7-17)5-4-12-2-3-13(10-14(12)18(19,20)21)15-11-26-16(24)23-22-15/h2-3,10H,4-9,11H2,1H3,(H,23,24). The van der Waals surface area contributed by atoms with E-state index in [1.54, 1.807) is 6.07 Å². The summed E-state index contributed by atoms with van der Waals surface area (Å²) in [5.74, 6) is 0. The van der Waals surface area contributed by atoms with E-state index >= 15 is 0 Å². The van der Waals surface area contributed by atoms with Gasteiger partial charge in [0.2, 0.25) is 0 Å². The molecular weight excluding hydrogens is 349 g/mol. The molecule has 0 saturated carbocycles. The number of ether oxygens (including phenoxy) is 2. The van der Waals surface area contributed by atoms with Gasteiger partial charge in [0.25, 0.3) is 0 Å². The summed E-state index contributed by atoms with van der Waals surface area (Å²) >= 11 is 0. The largest absolute Gasteiger partial charge is 0.442 e. The topological polar surface area (TPSA) is 59.9 Å². The van der Waals surface area contributed by atoms with Crippen LogP contribution in [0.3, 0.4) is 0 Å². The van der Waals surface area contributed by atoms with Crippen molar-refractivity contribution in [1.29, 1.82) is 0 Å². The third-order valence-corrected chi connectivity index (χ3v) is 5.07. The monoisotopic (exact) mass is 370 g/mol. The number of amides is 1. The number of aryl methyl sites for hydroxylation is 1. The van der Waals surface area contributed by atoms with Crippen molar-refractivity contribution < 1.29 is 27.4 Å². The van der Waals surface area contributed by atoms with E-state index in [9.17, 15) is 18.0 Å². The van der Waals surface area contributed by atoms with Crippen LogP contribution < -0.4 is 5.43 Å². The molecule has 5 nitrogen and oxygen atoms in total. The molecule has 0 unspecified atom stereocenters. The van der Waals surface area contributed by atoms with Crippen LogP contribution in [0.5, 0.6) is 0 Å². The zero-order valence-corrected chi connectivity index (χ0v) is 14.5. The molecule has 1 amide bonds. The average molecular weight is 370 g/mol. The van der Waals surface area contributed by atoms with Gasteiger partial charge in [-0.25, -0.2) is 10.2 Å². The summed E-state index contributed by atoms with van der Waals surface area (Å²) in [6.45, 7) is 3.27. The second-order valence-electron chi connectivity index (χ2n) is 7.04. The lowest BCUT2D eigenvalue weighted by atomic mass is 9.77. The highest BCUT2D eigenvalue weighted by Gasteiger charge is 2.35. The van der Waals surface area contributed by atoms with Gasteiger partial charge >= 0.3 is 12.3 Å². The van der Waals surface area contributed by atoms with E-state index in [1.165, 1.54) is 6.07 Å².